The molecule has 1 radical (unpaired) electrons. The number of para-hydroxylation sites is 1. The average Bonchev–Trinajstić information content (AvgIpc) is 2.06. The summed E-state index contributed by atoms with van der Waals surface area (Å²) in [6.07, 6.45) is 0.523. The predicted octanol–water partition coefficient (Wildman–Crippen LogP) is 1.65. The molecule has 0 fully saturated rings. The maximum atomic E-state index is 10.9. The van der Waals surface area contributed by atoms with Crippen molar-refractivity contribution >= 4 is 63.0 Å². The van der Waals surface area contributed by atoms with Crippen molar-refractivity contribution in [3.63, 3.8) is 0 Å². The Morgan fingerprint density at radius 2 is 1.92 bits per heavy atom. The molecule has 0 atom stereocenters. The van der Waals surface area contributed by atoms with Crippen molar-refractivity contribution in [2.24, 2.45) is 0 Å². The van der Waals surface area contributed by atoms with Crippen molar-refractivity contribution in [3.8, 4) is 0 Å². The zero-order valence-corrected chi connectivity index (χ0v) is 10.6. The zero-order chi connectivity index (χ0) is 8.10. The minimum Gasteiger partial charge on any atom is -0.326 e. The molecule has 1 rings (SSSR count). The van der Waals surface area contributed by atoms with Gasteiger partial charge < -0.3 is 5.32 Å². The number of rotatable bonds is 2. The van der Waals surface area contributed by atoms with Crippen LogP contribution < -0.4 is 5.32 Å². The SMILES string of the molecule is CCC(=O)Nc1ccccc1.[K]. The van der Waals surface area contributed by atoms with Crippen LogP contribution in [0.1, 0.15) is 13.3 Å². The number of hydrogen-bond donors (Lipinski definition) is 1. The Labute approximate surface area is 115 Å². The van der Waals surface area contributed by atoms with Gasteiger partial charge in [0.1, 0.15) is 0 Å². The van der Waals surface area contributed by atoms with Crippen LogP contribution >= 0.6 is 0 Å². The van der Waals surface area contributed by atoms with Gasteiger partial charge in [-0.05, 0) is 12.1 Å². The van der Waals surface area contributed by atoms with Gasteiger partial charge in [-0.2, -0.15) is 0 Å². The van der Waals surface area contributed by atoms with Crippen LogP contribution in [0, 0.1) is 0 Å². The van der Waals surface area contributed by atoms with E-state index in [9.17, 15) is 4.79 Å². The summed E-state index contributed by atoms with van der Waals surface area (Å²) in [5, 5.41) is 2.75. The van der Waals surface area contributed by atoms with Crippen molar-refractivity contribution in [2.45, 2.75) is 13.3 Å². The second kappa shape index (κ2) is 6.80. The Bertz CT molecular complexity index is 236. The van der Waals surface area contributed by atoms with Crippen LogP contribution in [-0.4, -0.2) is 57.3 Å². The summed E-state index contributed by atoms with van der Waals surface area (Å²) in [5.41, 5.74) is 0.861. The molecule has 1 amide bonds. The van der Waals surface area contributed by atoms with Crippen molar-refractivity contribution in [1.82, 2.24) is 0 Å². The first kappa shape index (κ1) is 12.3. The monoisotopic (exact) mass is 188 g/mol. The standard InChI is InChI=1S/C9H11NO.K/c1-2-9(11)10-8-6-4-3-5-7-8;/h3-7H,2H2,1H3,(H,10,11);. The summed E-state index contributed by atoms with van der Waals surface area (Å²) in [4.78, 5) is 10.9. The van der Waals surface area contributed by atoms with Crippen molar-refractivity contribution in [3.05, 3.63) is 30.3 Å². The second-order valence-electron chi connectivity index (χ2n) is 2.27. The molecule has 0 aliphatic rings. The van der Waals surface area contributed by atoms with Crippen LogP contribution in [0.2, 0.25) is 0 Å². The molecule has 0 saturated heterocycles. The fourth-order valence-corrected chi connectivity index (χ4v) is 0.771. The Hall–Kier alpha value is 0.326. The van der Waals surface area contributed by atoms with Crippen molar-refractivity contribution < 1.29 is 4.79 Å². The first-order chi connectivity index (χ1) is 5.33. The number of hydrogen-bond acceptors (Lipinski definition) is 1. The van der Waals surface area contributed by atoms with Crippen LogP contribution in [0.5, 0.6) is 0 Å². The Kier molecular flexibility index (Phi) is 6.99. The van der Waals surface area contributed by atoms with Gasteiger partial charge in [0.25, 0.3) is 0 Å². The van der Waals surface area contributed by atoms with Gasteiger partial charge in [-0.15, -0.1) is 0 Å². The third-order valence-electron chi connectivity index (χ3n) is 1.38. The fraction of sp³-hybridized carbons (Fsp3) is 0.222. The van der Waals surface area contributed by atoms with Gasteiger partial charge in [0.05, 0.1) is 0 Å². The molecule has 59 valence electrons. The molecule has 0 bridgehead atoms. The van der Waals surface area contributed by atoms with E-state index in [0.29, 0.717) is 6.42 Å². The summed E-state index contributed by atoms with van der Waals surface area (Å²) >= 11 is 0. The van der Waals surface area contributed by atoms with Gasteiger partial charge in [-0.3, -0.25) is 4.79 Å². The maximum absolute atomic E-state index is 10.9. The van der Waals surface area contributed by atoms with E-state index in [1.807, 2.05) is 37.3 Å². The van der Waals surface area contributed by atoms with E-state index in [0.717, 1.165) is 5.69 Å². The molecular formula is C9H11KNO. The molecule has 0 saturated carbocycles. The van der Waals surface area contributed by atoms with Gasteiger partial charge in [0, 0.05) is 63.5 Å². The molecule has 0 aliphatic carbocycles. The first-order valence-electron chi connectivity index (χ1n) is 3.68. The number of benzene rings is 1. The average molecular weight is 188 g/mol. The third kappa shape index (κ3) is 4.38. The maximum Gasteiger partial charge on any atom is 0.224 e. The second-order valence-corrected chi connectivity index (χ2v) is 2.27. The molecule has 3 heteroatoms. The van der Waals surface area contributed by atoms with Gasteiger partial charge in [0.15, 0.2) is 0 Å². The minimum absolute atomic E-state index is 0. The number of carbonyl (C=O) groups is 1. The molecule has 1 aromatic rings. The van der Waals surface area contributed by atoms with Gasteiger partial charge >= 0.3 is 0 Å². The molecule has 0 heterocycles. The zero-order valence-electron chi connectivity index (χ0n) is 7.50. The quantitative estimate of drug-likeness (QED) is 0.703. The largest absolute Gasteiger partial charge is 0.326 e. The Morgan fingerprint density at radius 1 is 1.33 bits per heavy atom. The number of nitrogens with one attached hydrogen (secondary N) is 1. The van der Waals surface area contributed by atoms with E-state index in [-0.39, 0.29) is 57.3 Å². The van der Waals surface area contributed by atoms with E-state index in [4.69, 9.17) is 0 Å². The molecular weight excluding hydrogens is 177 g/mol. The summed E-state index contributed by atoms with van der Waals surface area (Å²) in [5.74, 6) is 0.0520. The van der Waals surface area contributed by atoms with E-state index in [1.54, 1.807) is 0 Å². The van der Waals surface area contributed by atoms with Gasteiger partial charge in [0.2, 0.25) is 5.91 Å². The Morgan fingerprint density at radius 3 is 2.42 bits per heavy atom. The number of carbonyl (C=O) groups excluding carboxylic acids is 1. The molecule has 0 aliphatic heterocycles. The predicted molar refractivity (Wildman–Crippen MR) is 51.1 cm³/mol. The van der Waals surface area contributed by atoms with Crippen LogP contribution in [0.25, 0.3) is 0 Å². The summed E-state index contributed by atoms with van der Waals surface area (Å²) in [6.45, 7) is 1.83. The molecule has 1 aromatic carbocycles. The van der Waals surface area contributed by atoms with Crippen molar-refractivity contribution in [1.29, 1.82) is 0 Å². The molecule has 2 nitrogen and oxygen atoms in total. The normalized spacial score (nSPS) is 8.42. The van der Waals surface area contributed by atoms with E-state index in [1.165, 1.54) is 0 Å². The molecule has 0 unspecified atom stereocenters. The van der Waals surface area contributed by atoms with E-state index >= 15 is 0 Å². The van der Waals surface area contributed by atoms with Crippen LogP contribution in [0.3, 0.4) is 0 Å². The number of amides is 1. The summed E-state index contributed by atoms with van der Waals surface area (Å²) in [7, 11) is 0. The van der Waals surface area contributed by atoms with E-state index in [2.05, 4.69) is 5.32 Å². The Balaban J connectivity index is 0.00000121. The summed E-state index contributed by atoms with van der Waals surface area (Å²) in [6, 6.07) is 9.44. The van der Waals surface area contributed by atoms with Gasteiger partial charge in [-0.25, -0.2) is 0 Å². The molecule has 12 heavy (non-hydrogen) atoms. The molecule has 1 N–H and O–H groups in total. The summed E-state index contributed by atoms with van der Waals surface area (Å²) < 4.78 is 0. The minimum atomic E-state index is 0. The first-order valence-corrected chi connectivity index (χ1v) is 3.68. The number of anilines is 1. The van der Waals surface area contributed by atoms with Crippen molar-refractivity contribution in [2.75, 3.05) is 5.32 Å². The molecule has 0 spiro atoms. The van der Waals surface area contributed by atoms with Crippen LogP contribution in [-0.2, 0) is 4.79 Å². The smallest absolute Gasteiger partial charge is 0.224 e. The van der Waals surface area contributed by atoms with Crippen LogP contribution in [0.4, 0.5) is 5.69 Å². The fourth-order valence-electron chi connectivity index (χ4n) is 0.771. The van der Waals surface area contributed by atoms with Gasteiger partial charge in [-0.1, -0.05) is 25.1 Å². The van der Waals surface area contributed by atoms with E-state index < -0.39 is 0 Å². The topological polar surface area (TPSA) is 29.1 Å². The molecule has 0 aromatic heterocycles. The van der Waals surface area contributed by atoms with Crippen LogP contribution in [0.15, 0.2) is 30.3 Å². The third-order valence-corrected chi connectivity index (χ3v) is 1.38.